The molecule has 0 radical (unpaired) electrons. The highest BCUT2D eigenvalue weighted by Crippen LogP contribution is 2.34. The van der Waals surface area contributed by atoms with Crippen molar-refractivity contribution in [2.24, 2.45) is 14.1 Å². The summed E-state index contributed by atoms with van der Waals surface area (Å²) in [6.45, 7) is 6.39. The molecular formula is C24H29N7O4. The Morgan fingerprint density at radius 3 is 2.60 bits per heavy atom. The lowest BCUT2D eigenvalue weighted by Crippen LogP contribution is -2.53. The van der Waals surface area contributed by atoms with E-state index in [1.165, 1.54) is 17.9 Å². The molecule has 1 fully saturated rings. The van der Waals surface area contributed by atoms with Crippen molar-refractivity contribution in [3.63, 3.8) is 0 Å². The van der Waals surface area contributed by atoms with Gasteiger partial charge >= 0.3 is 5.69 Å². The number of imidazole rings is 2. The summed E-state index contributed by atoms with van der Waals surface area (Å²) in [5, 5.41) is 11.2. The second-order valence-corrected chi connectivity index (χ2v) is 9.85. The molecule has 4 heterocycles. The molecule has 11 nitrogen and oxygen atoms in total. The van der Waals surface area contributed by atoms with Crippen molar-refractivity contribution in [1.82, 2.24) is 33.1 Å². The number of amides is 1. The zero-order valence-corrected chi connectivity index (χ0v) is 20.5. The van der Waals surface area contributed by atoms with Crippen LogP contribution in [0.25, 0.3) is 22.2 Å². The van der Waals surface area contributed by atoms with Gasteiger partial charge in [0.25, 0.3) is 11.5 Å². The highest BCUT2D eigenvalue weighted by molar-refractivity contribution is 5.97. The number of aryl methyl sites for hydroxylation is 1. The molecule has 0 spiro atoms. The first-order valence-electron chi connectivity index (χ1n) is 11.6. The third-order valence-corrected chi connectivity index (χ3v) is 7.17. The molecule has 184 valence electrons. The predicted molar refractivity (Wildman–Crippen MR) is 131 cm³/mol. The highest BCUT2D eigenvalue weighted by atomic mass is 16.3. The molecule has 2 atom stereocenters. The van der Waals surface area contributed by atoms with Gasteiger partial charge in [0, 0.05) is 38.8 Å². The molecule has 11 heteroatoms. The number of nitrogens with zero attached hydrogens (tertiary/aromatic N) is 7. The van der Waals surface area contributed by atoms with Crippen molar-refractivity contribution in [2.75, 3.05) is 13.1 Å². The van der Waals surface area contributed by atoms with Crippen LogP contribution >= 0.6 is 0 Å². The summed E-state index contributed by atoms with van der Waals surface area (Å²) >= 11 is 0. The summed E-state index contributed by atoms with van der Waals surface area (Å²) in [6, 6.07) is 5.12. The Morgan fingerprint density at radius 1 is 1.14 bits per heavy atom. The molecule has 1 aliphatic rings. The van der Waals surface area contributed by atoms with Crippen LogP contribution in [-0.4, -0.2) is 62.8 Å². The van der Waals surface area contributed by atoms with Gasteiger partial charge < -0.3 is 19.1 Å². The number of carbonyl (C=O) groups excluding carboxylic acids is 1. The first kappa shape index (κ1) is 23.0. The number of aromatic nitrogens is 6. The summed E-state index contributed by atoms with van der Waals surface area (Å²) in [7, 11) is 2.96. The lowest BCUT2D eigenvalue weighted by atomic mass is 9.87. The molecule has 1 N–H and O–H groups in total. The van der Waals surface area contributed by atoms with Crippen LogP contribution in [0.2, 0.25) is 0 Å². The van der Waals surface area contributed by atoms with E-state index in [2.05, 4.69) is 28.4 Å². The standard InChI is InChI=1S/C24H29N7O4/c1-14(2)30-12-25-16-10-15(6-7-17(16)30)21(32)29-9-8-24(3,35)18(11-29)31-13-26-20-19(31)22(33)28(5)23(34)27(20)4/h6-7,10,12-14,18,35H,8-9,11H2,1-5H3/t18-,24-/m0/s1. The lowest BCUT2D eigenvalue weighted by molar-refractivity contribution is -0.0432. The van der Waals surface area contributed by atoms with Gasteiger partial charge in [0.15, 0.2) is 11.2 Å². The Kier molecular flexibility index (Phi) is 5.20. The van der Waals surface area contributed by atoms with Gasteiger partial charge in [0.1, 0.15) is 0 Å². The van der Waals surface area contributed by atoms with Gasteiger partial charge in [-0.2, -0.15) is 0 Å². The fourth-order valence-corrected chi connectivity index (χ4v) is 4.96. The van der Waals surface area contributed by atoms with Crippen LogP contribution in [0, 0.1) is 0 Å². The number of carbonyl (C=O) groups is 1. The second kappa shape index (κ2) is 7.91. The van der Waals surface area contributed by atoms with E-state index in [4.69, 9.17) is 0 Å². The van der Waals surface area contributed by atoms with Crippen LogP contribution < -0.4 is 11.2 Å². The maximum absolute atomic E-state index is 13.5. The molecule has 0 unspecified atom stereocenters. The van der Waals surface area contributed by atoms with E-state index < -0.39 is 22.9 Å². The number of rotatable bonds is 3. The molecule has 0 aliphatic carbocycles. The van der Waals surface area contributed by atoms with Crippen LogP contribution in [-0.2, 0) is 14.1 Å². The fourth-order valence-electron chi connectivity index (χ4n) is 4.96. The third kappa shape index (κ3) is 3.49. The van der Waals surface area contributed by atoms with E-state index in [1.807, 2.05) is 6.07 Å². The minimum Gasteiger partial charge on any atom is -0.388 e. The Labute approximate surface area is 200 Å². The van der Waals surface area contributed by atoms with Gasteiger partial charge in [-0.05, 0) is 45.4 Å². The Hall–Kier alpha value is -3.73. The second-order valence-electron chi connectivity index (χ2n) is 9.85. The number of piperidine rings is 1. The fraction of sp³-hybridized carbons (Fsp3) is 0.458. The van der Waals surface area contributed by atoms with Crippen molar-refractivity contribution in [3.05, 3.63) is 57.3 Å². The Morgan fingerprint density at radius 2 is 1.89 bits per heavy atom. The maximum Gasteiger partial charge on any atom is 0.332 e. The van der Waals surface area contributed by atoms with Gasteiger partial charge in [-0.25, -0.2) is 14.8 Å². The maximum atomic E-state index is 13.5. The van der Waals surface area contributed by atoms with E-state index >= 15 is 0 Å². The van der Waals surface area contributed by atoms with Crippen molar-refractivity contribution < 1.29 is 9.90 Å². The number of hydrogen-bond acceptors (Lipinski definition) is 6. The van der Waals surface area contributed by atoms with Crippen LogP contribution in [0.1, 0.15) is 49.6 Å². The third-order valence-electron chi connectivity index (χ3n) is 7.17. The summed E-state index contributed by atoms with van der Waals surface area (Å²) in [5.41, 5.74) is 0.516. The molecule has 4 aromatic rings. The average molecular weight is 480 g/mol. The summed E-state index contributed by atoms with van der Waals surface area (Å²) in [4.78, 5) is 49.2. The largest absolute Gasteiger partial charge is 0.388 e. The van der Waals surface area contributed by atoms with Crippen LogP contribution in [0.3, 0.4) is 0 Å². The predicted octanol–water partition coefficient (Wildman–Crippen LogP) is 1.20. The molecule has 3 aromatic heterocycles. The molecule has 1 aliphatic heterocycles. The van der Waals surface area contributed by atoms with E-state index in [0.717, 1.165) is 15.6 Å². The number of hydrogen-bond donors (Lipinski definition) is 1. The molecule has 1 aromatic carbocycles. The topological polar surface area (TPSA) is 120 Å². The molecule has 0 saturated carbocycles. The zero-order valence-electron chi connectivity index (χ0n) is 20.5. The SMILES string of the molecule is CC(C)n1cnc2cc(C(=O)N3CC[C@](C)(O)[C@@H](n4cnc5c4c(=O)n(C)c(=O)n5C)C3)ccc21. The Balaban J connectivity index is 1.52. The van der Waals surface area contributed by atoms with Crippen molar-refractivity contribution >= 4 is 28.1 Å². The molecule has 0 bridgehead atoms. The smallest absolute Gasteiger partial charge is 0.332 e. The van der Waals surface area contributed by atoms with Crippen LogP contribution in [0.5, 0.6) is 0 Å². The summed E-state index contributed by atoms with van der Waals surface area (Å²) < 4.78 is 5.98. The first-order chi connectivity index (χ1) is 16.5. The number of aliphatic hydroxyl groups is 1. The number of fused-ring (bicyclic) bond motifs is 2. The average Bonchev–Trinajstić information content (AvgIpc) is 3.45. The van der Waals surface area contributed by atoms with Crippen molar-refractivity contribution in [3.8, 4) is 0 Å². The normalized spacial score (nSPS) is 20.9. The lowest BCUT2D eigenvalue weighted by Gasteiger charge is -2.43. The summed E-state index contributed by atoms with van der Waals surface area (Å²) in [5.74, 6) is -0.170. The zero-order chi connectivity index (χ0) is 25.2. The molecule has 1 saturated heterocycles. The van der Waals surface area contributed by atoms with Gasteiger partial charge in [-0.3, -0.25) is 18.7 Å². The molecule has 35 heavy (non-hydrogen) atoms. The van der Waals surface area contributed by atoms with Crippen molar-refractivity contribution in [2.45, 2.75) is 44.9 Å². The van der Waals surface area contributed by atoms with Gasteiger partial charge in [0.05, 0.1) is 35.3 Å². The van der Waals surface area contributed by atoms with E-state index in [0.29, 0.717) is 18.5 Å². The quantitative estimate of drug-likeness (QED) is 0.472. The van der Waals surface area contributed by atoms with Gasteiger partial charge in [0.2, 0.25) is 0 Å². The van der Waals surface area contributed by atoms with Gasteiger partial charge in [-0.1, -0.05) is 0 Å². The minimum atomic E-state index is -1.19. The summed E-state index contributed by atoms with van der Waals surface area (Å²) in [6.07, 6.45) is 3.55. The Bertz CT molecular complexity index is 1590. The molecule has 5 rings (SSSR count). The highest BCUT2D eigenvalue weighted by Gasteiger charge is 2.41. The monoisotopic (exact) mass is 479 g/mol. The van der Waals surface area contributed by atoms with Crippen LogP contribution in [0.15, 0.2) is 40.4 Å². The van der Waals surface area contributed by atoms with E-state index in [1.54, 1.807) is 41.9 Å². The van der Waals surface area contributed by atoms with Crippen LogP contribution in [0.4, 0.5) is 0 Å². The number of benzene rings is 1. The van der Waals surface area contributed by atoms with E-state index in [9.17, 15) is 19.5 Å². The van der Waals surface area contributed by atoms with Gasteiger partial charge in [-0.15, -0.1) is 0 Å². The van der Waals surface area contributed by atoms with E-state index in [-0.39, 0.29) is 29.7 Å². The number of likely N-dealkylation sites (tertiary alicyclic amines) is 1. The molecule has 1 amide bonds. The minimum absolute atomic E-state index is 0.170. The first-order valence-corrected chi connectivity index (χ1v) is 11.6. The molecular weight excluding hydrogens is 450 g/mol. The van der Waals surface area contributed by atoms with Crippen molar-refractivity contribution in [1.29, 1.82) is 0 Å².